The third-order valence-corrected chi connectivity index (χ3v) is 14.1. The molecule has 1 unspecified atom stereocenters. The molecule has 2 aliphatic rings. The van der Waals surface area contributed by atoms with Crippen LogP contribution < -0.4 is 0 Å². The lowest BCUT2D eigenvalue weighted by Gasteiger charge is -2.45. The van der Waals surface area contributed by atoms with Crippen molar-refractivity contribution in [1.29, 1.82) is 0 Å². The minimum atomic E-state index is -1.75. The van der Waals surface area contributed by atoms with Crippen LogP contribution in [-0.2, 0) is 42.4 Å². The maximum atomic E-state index is 13.5. The summed E-state index contributed by atoms with van der Waals surface area (Å²) in [7, 11) is 1.15. The molecule has 1 spiro atoms. The molecule has 0 aromatic heterocycles. The Morgan fingerprint density at radius 2 is 1.62 bits per heavy atom. The van der Waals surface area contributed by atoms with Crippen LogP contribution in [0.3, 0.4) is 0 Å². The van der Waals surface area contributed by atoms with E-state index in [-0.39, 0.29) is 42.2 Å². The van der Waals surface area contributed by atoms with Gasteiger partial charge in [-0.2, -0.15) is 0 Å². The number of Topliss-reactive ketones (excluding diaryl/α,β-unsaturated/α-hetero) is 1. The standard InChI is InChI=1S/C35H62O9Si/c1-25-21-22-30(41-35(25)31(32(37)39-10)42-34(7,8)44-35)27(3)29(36)23-28(40-24-38-9)20-18-16-14-13-15-17-19-26(2)43-45(11,12)33(4,5)6/h13-16,25-28,30-31H,17-24H2,1-12H3/b15-13-,16-14+/t25-,26+,27-,28+,30+,31?,35+/m1/s1. The van der Waals surface area contributed by atoms with Crippen LogP contribution in [0.4, 0.5) is 0 Å². The van der Waals surface area contributed by atoms with Gasteiger partial charge in [-0.25, -0.2) is 4.79 Å². The van der Waals surface area contributed by atoms with E-state index in [1.165, 1.54) is 7.11 Å². The summed E-state index contributed by atoms with van der Waals surface area (Å²) < 4.78 is 41.2. The van der Waals surface area contributed by atoms with E-state index < -0.39 is 44.0 Å². The van der Waals surface area contributed by atoms with E-state index in [1.807, 2.05) is 13.8 Å². The molecule has 260 valence electrons. The second kappa shape index (κ2) is 17.1. The second-order valence-corrected chi connectivity index (χ2v) is 19.5. The quantitative estimate of drug-likeness (QED) is 0.0684. The molecular formula is C35H62O9Si. The predicted molar refractivity (Wildman–Crippen MR) is 178 cm³/mol. The van der Waals surface area contributed by atoms with Gasteiger partial charge in [0.25, 0.3) is 0 Å². The third kappa shape index (κ3) is 11.4. The summed E-state index contributed by atoms with van der Waals surface area (Å²) in [4.78, 5) is 26.2. The zero-order valence-corrected chi connectivity index (χ0v) is 31.1. The molecule has 2 rings (SSSR count). The Kier molecular flexibility index (Phi) is 15.1. The topological polar surface area (TPSA) is 98.8 Å². The van der Waals surface area contributed by atoms with Crippen molar-refractivity contribution in [3.05, 3.63) is 24.3 Å². The highest BCUT2D eigenvalue weighted by Gasteiger charge is 2.63. The van der Waals surface area contributed by atoms with Crippen LogP contribution in [0.25, 0.3) is 0 Å². The van der Waals surface area contributed by atoms with Crippen molar-refractivity contribution >= 4 is 20.1 Å². The fourth-order valence-corrected chi connectivity index (χ4v) is 7.18. The van der Waals surface area contributed by atoms with Gasteiger partial charge < -0.3 is 32.8 Å². The SMILES string of the molecule is COCO[C@@H](CC/C=C/C=C\CC[C@H](C)O[Si](C)(C)C(C)(C)C)CC(=O)[C@@H](C)[C@@H]1CC[C@@H](C)[C@]2(O1)OC(C)(C)OC2C(=O)OC. The number of carbonyl (C=O) groups is 2. The lowest BCUT2D eigenvalue weighted by molar-refractivity contribution is -0.316. The Morgan fingerprint density at radius 3 is 2.20 bits per heavy atom. The van der Waals surface area contributed by atoms with Crippen molar-refractivity contribution in [2.24, 2.45) is 11.8 Å². The largest absolute Gasteiger partial charge is 0.467 e. The van der Waals surface area contributed by atoms with Gasteiger partial charge in [-0.05, 0) is 77.4 Å². The number of ether oxygens (including phenoxy) is 6. The molecule has 0 aromatic rings. The van der Waals surface area contributed by atoms with Crippen molar-refractivity contribution in [2.75, 3.05) is 21.0 Å². The van der Waals surface area contributed by atoms with Crippen molar-refractivity contribution in [2.45, 2.75) is 154 Å². The van der Waals surface area contributed by atoms with Crippen molar-refractivity contribution in [3.63, 3.8) is 0 Å². The number of esters is 1. The molecule has 2 aliphatic heterocycles. The first-order valence-electron chi connectivity index (χ1n) is 16.7. The van der Waals surface area contributed by atoms with Crippen molar-refractivity contribution < 1.29 is 42.4 Å². The molecule has 0 amide bonds. The maximum Gasteiger partial charge on any atom is 0.340 e. The van der Waals surface area contributed by atoms with Crippen molar-refractivity contribution in [1.82, 2.24) is 0 Å². The van der Waals surface area contributed by atoms with Gasteiger partial charge >= 0.3 is 5.97 Å². The van der Waals surface area contributed by atoms with E-state index in [9.17, 15) is 9.59 Å². The van der Waals surface area contributed by atoms with E-state index in [1.54, 1.807) is 21.0 Å². The Balaban J connectivity index is 1.90. The summed E-state index contributed by atoms with van der Waals surface area (Å²) in [5.41, 5.74) is 0. The fourth-order valence-electron chi connectivity index (χ4n) is 5.70. The van der Waals surface area contributed by atoms with Crippen LogP contribution in [0.2, 0.25) is 18.1 Å². The van der Waals surface area contributed by atoms with E-state index >= 15 is 0 Å². The van der Waals surface area contributed by atoms with Gasteiger partial charge in [-0.15, -0.1) is 0 Å². The Morgan fingerprint density at radius 1 is 1.00 bits per heavy atom. The van der Waals surface area contributed by atoms with Crippen LogP contribution in [0.1, 0.15) is 100 Å². The van der Waals surface area contributed by atoms with E-state index in [2.05, 4.69) is 65.1 Å². The predicted octanol–water partition coefficient (Wildman–Crippen LogP) is 7.49. The monoisotopic (exact) mass is 654 g/mol. The Bertz CT molecular complexity index is 1000. The first-order valence-corrected chi connectivity index (χ1v) is 19.6. The smallest absolute Gasteiger partial charge is 0.340 e. The minimum absolute atomic E-state index is 0.0384. The molecular weight excluding hydrogens is 592 g/mol. The highest BCUT2D eigenvalue weighted by atomic mass is 28.4. The van der Waals surface area contributed by atoms with Crippen molar-refractivity contribution in [3.8, 4) is 0 Å². The number of allylic oxidation sites excluding steroid dienone is 4. The Hall–Kier alpha value is -1.40. The molecule has 10 heteroatoms. The van der Waals surface area contributed by atoms with Gasteiger partial charge in [-0.1, -0.05) is 58.9 Å². The van der Waals surface area contributed by atoms with Gasteiger partial charge in [0.15, 0.2) is 14.1 Å². The molecule has 2 saturated heterocycles. The van der Waals surface area contributed by atoms with Gasteiger partial charge in [0.2, 0.25) is 11.9 Å². The average molecular weight is 655 g/mol. The van der Waals surface area contributed by atoms with Crippen LogP contribution in [0, 0.1) is 11.8 Å². The number of carbonyl (C=O) groups excluding carboxylic acids is 2. The Labute approximate surface area is 273 Å². The summed E-state index contributed by atoms with van der Waals surface area (Å²) >= 11 is 0. The number of hydrogen-bond donors (Lipinski definition) is 0. The van der Waals surface area contributed by atoms with Gasteiger partial charge in [0.05, 0.1) is 19.3 Å². The first kappa shape index (κ1) is 39.8. The van der Waals surface area contributed by atoms with Gasteiger partial charge in [0, 0.05) is 31.5 Å². The maximum absolute atomic E-state index is 13.5. The number of ketones is 1. The minimum Gasteiger partial charge on any atom is -0.467 e. The lowest BCUT2D eigenvalue weighted by atomic mass is 9.82. The van der Waals surface area contributed by atoms with Gasteiger partial charge in [0.1, 0.15) is 12.6 Å². The summed E-state index contributed by atoms with van der Waals surface area (Å²) in [5.74, 6) is -3.39. The molecule has 9 nitrogen and oxygen atoms in total. The zero-order valence-electron chi connectivity index (χ0n) is 30.1. The normalized spacial score (nSPS) is 27.7. The lowest BCUT2D eigenvalue weighted by Crippen LogP contribution is -2.58. The summed E-state index contributed by atoms with van der Waals surface area (Å²) in [6, 6.07) is 0. The molecule has 2 heterocycles. The summed E-state index contributed by atoms with van der Waals surface area (Å²) in [5, 5.41) is 0.213. The summed E-state index contributed by atoms with van der Waals surface area (Å²) in [6.45, 7) is 21.0. The van der Waals surface area contributed by atoms with Crippen LogP contribution in [0.5, 0.6) is 0 Å². The van der Waals surface area contributed by atoms with Gasteiger partial charge in [-0.3, -0.25) is 4.79 Å². The third-order valence-electron chi connectivity index (χ3n) is 9.49. The molecule has 0 radical (unpaired) electrons. The van der Waals surface area contributed by atoms with E-state index in [0.29, 0.717) is 12.8 Å². The van der Waals surface area contributed by atoms with Crippen LogP contribution in [-0.4, -0.2) is 77.1 Å². The molecule has 2 fully saturated rings. The summed E-state index contributed by atoms with van der Waals surface area (Å²) in [6.07, 6.45) is 12.0. The first-order chi connectivity index (χ1) is 20.9. The van der Waals surface area contributed by atoms with Crippen LogP contribution >= 0.6 is 0 Å². The molecule has 0 aliphatic carbocycles. The molecule has 0 N–H and O–H groups in total. The number of methoxy groups -OCH3 is 2. The second-order valence-electron chi connectivity index (χ2n) is 14.7. The number of hydrogen-bond acceptors (Lipinski definition) is 9. The molecule has 0 saturated carbocycles. The molecule has 45 heavy (non-hydrogen) atoms. The fraction of sp³-hybridized carbons (Fsp3) is 0.829. The molecule has 0 aromatic carbocycles. The molecule has 7 atom stereocenters. The van der Waals surface area contributed by atoms with Crippen LogP contribution in [0.15, 0.2) is 24.3 Å². The van der Waals surface area contributed by atoms with E-state index in [0.717, 1.165) is 25.7 Å². The average Bonchev–Trinajstić information content (AvgIpc) is 3.23. The van der Waals surface area contributed by atoms with E-state index in [4.69, 9.17) is 32.8 Å². The number of rotatable bonds is 17. The highest BCUT2D eigenvalue weighted by Crippen LogP contribution is 2.49. The zero-order chi connectivity index (χ0) is 34.1. The molecule has 0 bridgehead atoms. The highest BCUT2D eigenvalue weighted by molar-refractivity contribution is 6.74.